The number of hydrogen-bond donors (Lipinski definition) is 2. The van der Waals surface area contributed by atoms with E-state index in [1.165, 1.54) is 0 Å². The van der Waals surface area contributed by atoms with Gasteiger partial charge in [0.2, 0.25) is 11.9 Å². The summed E-state index contributed by atoms with van der Waals surface area (Å²) in [7, 11) is 0. The number of halogens is 2. The Labute approximate surface area is 107 Å². The summed E-state index contributed by atoms with van der Waals surface area (Å²) >= 11 is 11.8. The molecule has 0 spiro atoms. The molecule has 0 saturated carbocycles. The number of benzene rings is 1. The van der Waals surface area contributed by atoms with Gasteiger partial charge in [-0.25, -0.2) is 0 Å². The van der Waals surface area contributed by atoms with Crippen molar-refractivity contribution in [2.24, 2.45) is 16.1 Å². The van der Waals surface area contributed by atoms with Gasteiger partial charge in [0.15, 0.2) is 0 Å². The van der Waals surface area contributed by atoms with E-state index in [0.29, 0.717) is 15.6 Å². The van der Waals surface area contributed by atoms with Gasteiger partial charge in [-0.15, -0.1) is 4.91 Å². The minimum atomic E-state index is -0.495. The minimum Gasteiger partial charge on any atom is -0.368 e. The summed E-state index contributed by atoms with van der Waals surface area (Å²) in [5.41, 5.74) is 5.65. The lowest BCUT2D eigenvalue weighted by molar-refractivity contribution is -0.119. The monoisotopic (exact) mass is 274 g/mol. The number of nitrogens with one attached hydrogen (secondary N) is 1. The smallest absolute Gasteiger partial charge is 0.231 e. The summed E-state index contributed by atoms with van der Waals surface area (Å²) in [6, 6.07) is 4.89. The van der Waals surface area contributed by atoms with Crippen LogP contribution in [0.2, 0.25) is 10.0 Å². The number of rotatable bonds is 3. The highest BCUT2D eigenvalue weighted by atomic mass is 35.5. The van der Waals surface area contributed by atoms with Gasteiger partial charge >= 0.3 is 0 Å². The molecule has 1 amide bonds. The fraction of sp³-hybridized carbons (Fsp3) is 0.111. The maximum absolute atomic E-state index is 11.5. The SMILES string of the molecule is NC(=NN=O)NC(=O)Cc1c(Cl)cccc1Cl. The number of carbonyl (C=O) groups is 1. The summed E-state index contributed by atoms with van der Waals surface area (Å²) in [6.07, 6.45) is -0.0758. The molecule has 0 fully saturated rings. The van der Waals surface area contributed by atoms with E-state index in [9.17, 15) is 9.70 Å². The number of nitroso groups, excluding NO2 is 1. The Morgan fingerprint density at radius 1 is 1.35 bits per heavy atom. The largest absolute Gasteiger partial charge is 0.368 e. The highest BCUT2D eigenvalue weighted by Crippen LogP contribution is 2.24. The molecule has 0 aliphatic carbocycles. The second-order valence-electron chi connectivity index (χ2n) is 2.99. The lowest BCUT2D eigenvalue weighted by atomic mass is 10.1. The molecule has 1 aromatic rings. The van der Waals surface area contributed by atoms with Crippen LogP contribution in [0.4, 0.5) is 0 Å². The van der Waals surface area contributed by atoms with Gasteiger partial charge in [-0.3, -0.25) is 10.1 Å². The Bertz CT molecular complexity index is 456. The fourth-order valence-electron chi connectivity index (χ4n) is 1.12. The highest BCUT2D eigenvalue weighted by Gasteiger charge is 2.11. The molecule has 1 aromatic carbocycles. The Morgan fingerprint density at radius 2 is 1.94 bits per heavy atom. The molecule has 0 aliphatic heterocycles. The lowest BCUT2D eigenvalue weighted by Gasteiger charge is -2.06. The molecule has 0 aliphatic rings. The van der Waals surface area contributed by atoms with Crippen LogP contribution in [0.1, 0.15) is 5.56 Å². The summed E-state index contributed by atoms with van der Waals surface area (Å²) in [5, 5.41) is 8.00. The summed E-state index contributed by atoms with van der Waals surface area (Å²) in [4.78, 5) is 21.2. The first kappa shape index (κ1) is 13.4. The van der Waals surface area contributed by atoms with Gasteiger partial charge in [-0.1, -0.05) is 34.4 Å². The van der Waals surface area contributed by atoms with E-state index >= 15 is 0 Å². The second-order valence-corrected chi connectivity index (χ2v) is 3.81. The molecular weight excluding hydrogens is 267 g/mol. The van der Waals surface area contributed by atoms with E-state index in [4.69, 9.17) is 28.9 Å². The van der Waals surface area contributed by atoms with Crippen molar-refractivity contribution in [2.45, 2.75) is 6.42 Å². The van der Waals surface area contributed by atoms with E-state index in [0.717, 1.165) is 0 Å². The van der Waals surface area contributed by atoms with Crippen molar-refractivity contribution in [3.8, 4) is 0 Å². The van der Waals surface area contributed by atoms with Crippen molar-refractivity contribution in [2.75, 3.05) is 0 Å². The molecule has 6 nitrogen and oxygen atoms in total. The first-order chi connectivity index (χ1) is 8.04. The van der Waals surface area contributed by atoms with Crippen molar-refractivity contribution < 1.29 is 4.79 Å². The molecule has 0 aromatic heterocycles. The van der Waals surface area contributed by atoms with Gasteiger partial charge in [0, 0.05) is 10.0 Å². The van der Waals surface area contributed by atoms with Crippen LogP contribution in [0, 0.1) is 4.91 Å². The summed E-state index contributed by atoms with van der Waals surface area (Å²) in [5.74, 6) is -0.877. The standard InChI is InChI=1S/C9H8Cl2N4O2/c10-6-2-1-3-7(11)5(6)4-8(16)13-9(12)14-15-17/h1-3H,4H2,(H3,12,13,14,16,17). The van der Waals surface area contributed by atoms with Crippen LogP contribution in [0.3, 0.4) is 0 Å². The van der Waals surface area contributed by atoms with Gasteiger partial charge in [0.05, 0.1) is 11.7 Å². The molecular formula is C9H8Cl2N4O2. The number of nitrogens with two attached hydrogens (primary N) is 1. The summed E-state index contributed by atoms with van der Waals surface area (Å²) in [6.45, 7) is 0. The zero-order valence-corrected chi connectivity index (χ0v) is 10.00. The van der Waals surface area contributed by atoms with Crippen molar-refractivity contribution in [3.05, 3.63) is 38.7 Å². The zero-order chi connectivity index (χ0) is 12.8. The van der Waals surface area contributed by atoms with E-state index in [-0.39, 0.29) is 12.4 Å². The molecule has 1 rings (SSSR count). The van der Waals surface area contributed by atoms with Gasteiger partial charge in [-0.2, -0.15) is 0 Å². The van der Waals surface area contributed by atoms with E-state index < -0.39 is 5.91 Å². The topological polar surface area (TPSA) is 96.9 Å². The van der Waals surface area contributed by atoms with Crippen LogP contribution in [0.25, 0.3) is 0 Å². The molecule has 0 bridgehead atoms. The van der Waals surface area contributed by atoms with Crippen LogP contribution in [-0.4, -0.2) is 11.9 Å². The third-order valence-corrected chi connectivity index (χ3v) is 2.52. The second kappa shape index (κ2) is 6.17. The van der Waals surface area contributed by atoms with Crippen LogP contribution in [0.15, 0.2) is 28.6 Å². The number of carbonyl (C=O) groups excluding carboxylic acids is 1. The van der Waals surface area contributed by atoms with Crippen molar-refractivity contribution in [1.29, 1.82) is 0 Å². The van der Waals surface area contributed by atoms with Crippen molar-refractivity contribution in [3.63, 3.8) is 0 Å². The molecule has 17 heavy (non-hydrogen) atoms. The number of guanidine groups is 1. The number of amides is 1. The predicted molar refractivity (Wildman–Crippen MR) is 65.7 cm³/mol. The third-order valence-electron chi connectivity index (χ3n) is 1.82. The fourth-order valence-corrected chi connectivity index (χ4v) is 1.65. The Hall–Kier alpha value is -1.66. The maximum atomic E-state index is 11.5. The Morgan fingerprint density at radius 3 is 2.47 bits per heavy atom. The Kier molecular flexibility index (Phi) is 4.86. The molecule has 90 valence electrons. The van der Waals surface area contributed by atoms with Gasteiger partial charge in [-0.05, 0) is 17.7 Å². The van der Waals surface area contributed by atoms with Crippen molar-refractivity contribution in [1.82, 2.24) is 5.32 Å². The Balaban J connectivity index is 2.75. The molecule has 8 heteroatoms. The predicted octanol–water partition coefficient (Wildman–Crippen LogP) is 1.65. The van der Waals surface area contributed by atoms with Gasteiger partial charge < -0.3 is 5.73 Å². The molecule has 0 radical (unpaired) electrons. The quantitative estimate of drug-likeness (QED) is 0.380. The van der Waals surface area contributed by atoms with Gasteiger partial charge in [0.25, 0.3) is 0 Å². The number of hydrogen-bond acceptors (Lipinski definition) is 3. The maximum Gasteiger partial charge on any atom is 0.231 e. The van der Waals surface area contributed by atoms with Crippen LogP contribution >= 0.6 is 23.2 Å². The molecule has 0 atom stereocenters. The van der Waals surface area contributed by atoms with E-state index in [1.54, 1.807) is 18.2 Å². The average Bonchev–Trinajstić information content (AvgIpc) is 2.24. The molecule has 0 unspecified atom stereocenters. The molecule has 3 N–H and O–H groups in total. The minimum absolute atomic E-state index is 0.0758. The first-order valence-electron chi connectivity index (χ1n) is 4.43. The first-order valence-corrected chi connectivity index (χ1v) is 5.18. The normalized spacial score (nSPS) is 11.1. The van der Waals surface area contributed by atoms with E-state index in [2.05, 4.69) is 15.7 Å². The third kappa shape index (κ3) is 4.01. The average molecular weight is 275 g/mol. The lowest BCUT2D eigenvalue weighted by Crippen LogP contribution is -2.37. The molecule has 0 heterocycles. The van der Waals surface area contributed by atoms with Gasteiger partial charge in [0.1, 0.15) is 0 Å². The summed E-state index contributed by atoms with van der Waals surface area (Å²) < 4.78 is 0. The molecule has 0 saturated heterocycles. The number of nitrogens with zero attached hydrogens (tertiary/aromatic N) is 2. The van der Waals surface area contributed by atoms with Crippen molar-refractivity contribution >= 4 is 35.1 Å². The van der Waals surface area contributed by atoms with Crippen LogP contribution < -0.4 is 11.1 Å². The van der Waals surface area contributed by atoms with E-state index in [1.807, 2.05) is 0 Å². The highest BCUT2D eigenvalue weighted by molar-refractivity contribution is 6.36. The zero-order valence-electron chi connectivity index (χ0n) is 8.48. The van der Waals surface area contributed by atoms with Crippen LogP contribution in [0.5, 0.6) is 0 Å². The van der Waals surface area contributed by atoms with Crippen LogP contribution in [-0.2, 0) is 11.2 Å².